The van der Waals surface area contributed by atoms with E-state index in [0.29, 0.717) is 11.4 Å². The summed E-state index contributed by atoms with van der Waals surface area (Å²) in [6.07, 6.45) is -2.72. The number of nitrogens with zero attached hydrogens (tertiary/aromatic N) is 3. The average Bonchev–Trinajstić information content (AvgIpc) is 3.09. The molecule has 6 heteroatoms. The monoisotopic (exact) mass is 403 g/mol. The molecule has 0 unspecified atom stereocenters. The maximum absolute atomic E-state index is 14.5. The summed E-state index contributed by atoms with van der Waals surface area (Å²) in [6.45, 7) is 1.63. The van der Waals surface area contributed by atoms with Crippen LogP contribution in [-0.2, 0) is 0 Å². The minimum Gasteiger partial charge on any atom is -0.228 e. The topological polar surface area (TPSA) is 30.7 Å². The molecule has 0 N–H and O–H groups in total. The highest BCUT2D eigenvalue weighted by Crippen LogP contribution is 2.36. The third kappa shape index (κ3) is 2.84. The molecule has 0 aliphatic carbocycles. The van der Waals surface area contributed by atoms with Gasteiger partial charge in [-0.25, -0.2) is 22.8 Å². The van der Waals surface area contributed by atoms with Crippen LogP contribution in [0.25, 0.3) is 38.8 Å². The standard InChI is InChI=1S/C24H16F3N3/c1-14-22-18(23(26)27)13-20(17-10-6-8-15-7-2-3-9-16(15)17)28-24(22)30(29-14)21-12-5-4-11-19(21)25/h2-13,23H,1H3. The van der Waals surface area contributed by atoms with Gasteiger partial charge in [-0.3, -0.25) is 0 Å². The van der Waals surface area contributed by atoms with Gasteiger partial charge in [-0.2, -0.15) is 5.10 Å². The number of hydrogen-bond acceptors (Lipinski definition) is 2. The molecule has 2 heterocycles. The second kappa shape index (κ2) is 6.99. The molecule has 0 aliphatic heterocycles. The predicted octanol–water partition coefficient (Wildman–Crippen LogP) is 6.63. The summed E-state index contributed by atoms with van der Waals surface area (Å²) < 4.78 is 43.9. The van der Waals surface area contributed by atoms with Gasteiger partial charge in [0.15, 0.2) is 5.65 Å². The molecule has 3 aromatic carbocycles. The Labute approximate surface area is 170 Å². The zero-order valence-electron chi connectivity index (χ0n) is 16.0. The molecule has 0 saturated heterocycles. The third-order valence-electron chi connectivity index (χ3n) is 5.22. The molecule has 0 bridgehead atoms. The Balaban J connectivity index is 1.87. The van der Waals surface area contributed by atoms with Crippen molar-refractivity contribution < 1.29 is 13.2 Å². The van der Waals surface area contributed by atoms with Crippen molar-refractivity contribution in [3.8, 4) is 16.9 Å². The van der Waals surface area contributed by atoms with Crippen molar-refractivity contribution in [2.75, 3.05) is 0 Å². The Morgan fingerprint density at radius 1 is 0.900 bits per heavy atom. The highest BCUT2D eigenvalue weighted by molar-refractivity contribution is 5.97. The molecule has 0 amide bonds. The van der Waals surface area contributed by atoms with Crippen molar-refractivity contribution in [2.24, 2.45) is 0 Å². The number of pyridine rings is 1. The molecule has 5 aromatic rings. The van der Waals surface area contributed by atoms with Gasteiger partial charge in [0.2, 0.25) is 0 Å². The van der Waals surface area contributed by atoms with Gasteiger partial charge in [0.25, 0.3) is 6.43 Å². The van der Waals surface area contributed by atoms with Crippen LogP contribution in [0.4, 0.5) is 13.2 Å². The van der Waals surface area contributed by atoms with E-state index >= 15 is 0 Å². The SMILES string of the molecule is Cc1nn(-c2ccccc2F)c2nc(-c3cccc4ccccc34)cc(C(F)F)c12. The van der Waals surface area contributed by atoms with Gasteiger partial charge < -0.3 is 0 Å². The van der Waals surface area contributed by atoms with Gasteiger partial charge in [0.1, 0.15) is 11.5 Å². The molecule has 3 nitrogen and oxygen atoms in total. The summed E-state index contributed by atoms with van der Waals surface area (Å²) in [4.78, 5) is 4.68. The van der Waals surface area contributed by atoms with Crippen LogP contribution in [-0.4, -0.2) is 14.8 Å². The summed E-state index contributed by atoms with van der Waals surface area (Å²) in [5.74, 6) is -0.502. The molecule has 0 radical (unpaired) electrons. The fourth-order valence-electron chi connectivity index (χ4n) is 3.87. The van der Waals surface area contributed by atoms with Crippen LogP contribution in [0.2, 0.25) is 0 Å². The minimum atomic E-state index is -2.72. The summed E-state index contributed by atoms with van der Waals surface area (Å²) in [6, 6.07) is 20.9. The van der Waals surface area contributed by atoms with Crippen molar-refractivity contribution >= 4 is 21.8 Å². The highest BCUT2D eigenvalue weighted by atomic mass is 19.3. The van der Waals surface area contributed by atoms with E-state index in [2.05, 4.69) is 10.1 Å². The maximum Gasteiger partial charge on any atom is 0.264 e. The first-order valence-electron chi connectivity index (χ1n) is 9.46. The smallest absolute Gasteiger partial charge is 0.228 e. The van der Waals surface area contributed by atoms with E-state index in [-0.39, 0.29) is 22.3 Å². The van der Waals surface area contributed by atoms with Gasteiger partial charge in [0, 0.05) is 11.1 Å². The average molecular weight is 403 g/mol. The van der Waals surface area contributed by atoms with Crippen molar-refractivity contribution in [1.82, 2.24) is 14.8 Å². The minimum absolute atomic E-state index is 0.164. The zero-order valence-corrected chi connectivity index (χ0v) is 16.0. The normalized spacial score (nSPS) is 11.6. The largest absolute Gasteiger partial charge is 0.264 e. The number of benzene rings is 3. The van der Waals surface area contributed by atoms with E-state index in [1.807, 2.05) is 42.5 Å². The van der Waals surface area contributed by atoms with Gasteiger partial charge in [-0.1, -0.05) is 54.6 Å². The third-order valence-corrected chi connectivity index (χ3v) is 5.22. The lowest BCUT2D eigenvalue weighted by molar-refractivity contribution is 0.153. The molecule has 2 aromatic heterocycles. The Morgan fingerprint density at radius 2 is 1.63 bits per heavy atom. The molecule has 0 atom stereocenters. The lowest BCUT2D eigenvalue weighted by Gasteiger charge is -2.11. The van der Waals surface area contributed by atoms with Crippen LogP contribution in [0.1, 0.15) is 17.7 Å². The first kappa shape index (κ1) is 18.4. The van der Waals surface area contributed by atoms with Crippen LogP contribution in [0.15, 0.2) is 72.8 Å². The summed E-state index contributed by atoms with van der Waals surface area (Å²) in [5.41, 5.74) is 1.71. The first-order valence-corrected chi connectivity index (χ1v) is 9.46. The number of rotatable bonds is 3. The Bertz CT molecular complexity index is 1400. The number of fused-ring (bicyclic) bond motifs is 2. The Morgan fingerprint density at radius 3 is 2.43 bits per heavy atom. The van der Waals surface area contributed by atoms with Crippen molar-refractivity contribution in [3.05, 3.63) is 89.9 Å². The number of halogens is 3. The lowest BCUT2D eigenvalue weighted by atomic mass is 10.00. The van der Waals surface area contributed by atoms with E-state index in [9.17, 15) is 13.2 Å². The second-order valence-electron chi connectivity index (χ2n) is 7.07. The van der Waals surface area contributed by atoms with E-state index in [4.69, 9.17) is 0 Å². The highest BCUT2D eigenvalue weighted by Gasteiger charge is 2.23. The number of alkyl halides is 2. The van der Waals surface area contributed by atoms with Crippen LogP contribution in [0.5, 0.6) is 0 Å². The summed E-state index contributed by atoms with van der Waals surface area (Å²) in [5, 5.41) is 6.47. The molecular weight excluding hydrogens is 387 g/mol. The molecule has 30 heavy (non-hydrogen) atoms. The van der Waals surface area contributed by atoms with E-state index in [0.717, 1.165) is 16.3 Å². The molecular formula is C24H16F3N3. The zero-order chi connectivity index (χ0) is 20.8. The van der Waals surface area contributed by atoms with Gasteiger partial charge in [-0.15, -0.1) is 0 Å². The van der Waals surface area contributed by atoms with Crippen LogP contribution < -0.4 is 0 Å². The molecule has 0 spiro atoms. The van der Waals surface area contributed by atoms with Gasteiger partial charge in [0.05, 0.1) is 16.8 Å². The fourth-order valence-corrected chi connectivity index (χ4v) is 3.87. The first-order chi connectivity index (χ1) is 14.5. The molecule has 0 aliphatic rings. The predicted molar refractivity (Wildman–Crippen MR) is 111 cm³/mol. The molecule has 148 valence electrons. The van der Waals surface area contributed by atoms with Gasteiger partial charge >= 0.3 is 0 Å². The lowest BCUT2D eigenvalue weighted by Crippen LogP contribution is -2.02. The van der Waals surface area contributed by atoms with Crippen molar-refractivity contribution in [1.29, 1.82) is 0 Å². The van der Waals surface area contributed by atoms with Crippen LogP contribution in [0, 0.1) is 12.7 Å². The number of hydrogen-bond donors (Lipinski definition) is 0. The second-order valence-corrected chi connectivity index (χ2v) is 7.07. The molecule has 0 fully saturated rings. The number of aromatic nitrogens is 3. The van der Waals surface area contributed by atoms with E-state index in [1.165, 1.54) is 16.8 Å². The van der Waals surface area contributed by atoms with E-state index < -0.39 is 12.2 Å². The Kier molecular flexibility index (Phi) is 4.28. The maximum atomic E-state index is 14.5. The number of para-hydroxylation sites is 1. The number of aryl methyl sites for hydroxylation is 1. The van der Waals surface area contributed by atoms with Crippen LogP contribution >= 0.6 is 0 Å². The summed E-state index contributed by atoms with van der Waals surface area (Å²) >= 11 is 0. The van der Waals surface area contributed by atoms with Crippen molar-refractivity contribution in [2.45, 2.75) is 13.3 Å². The van der Waals surface area contributed by atoms with Crippen LogP contribution in [0.3, 0.4) is 0 Å². The Hall–Kier alpha value is -3.67. The van der Waals surface area contributed by atoms with Crippen molar-refractivity contribution in [3.63, 3.8) is 0 Å². The fraction of sp³-hybridized carbons (Fsp3) is 0.0833. The molecule has 0 saturated carbocycles. The summed E-state index contributed by atoms with van der Waals surface area (Å²) in [7, 11) is 0. The quantitative estimate of drug-likeness (QED) is 0.339. The molecule has 5 rings (SSSR count). The van der Waals surface area contributed by atoms with Gasteiger partial charge in [-0.05, 0) is 35.9 Å². The van der Waals surface area contributed by atoms with E-state index in [1.54, 1.807) is 25.1 Å².